The normalized spacial score (nSPS) is 10.6. The maximum atomic E-state index is 11.5. The average Bonchev–Trinajstić information content (AvgIpc) is 2.33. The van der Waals surface area contributed by atoms with Gasteiger partial charge in [-0.1, -0.05) is 37.0 Å². The molecule has 1 amide bonds. The maximum Gasteiger partial charge on any atom is 0.221 e. The average molecular weight is 305 g/mol. The van der Waals surface area contributed by atoms with Crippen molar-refractivity contribution in [3.63, 3.8) is 0 Å². The summed E-state index contributed by atoms with van der Waals surface area (Å²) >= 11 is 11.7. The molecule has 0 unspecified atom stereocenters. The smallest absolute Gasteiger partial charge is 0.221 e. The summed E-state index contributed by atoms with van der Waals surface area (Å²) in [4.78, 5) is 15.5. The second-order valence-electron chi connectivity index (χ2n) is 4.56. The van der Waals surface area contributed by atoms with Crippen molar-refractivity contribution in [2.45, 2.75) is 20.3 Å². The molecule has 0 fully saturated rings. The molecule has 4 N–H and O–H groups in total. The molecule has 0 aliphatic rings. The summed E-state index contributed by atoms with van der Waals surface area (Å²) < 4.78 is 0. The molecule has 19 heavy (non-hydrogen) atoms. The zero-order valence-electron chi connectivity index (χ0n) is 11.0. The number of hydrogen-bond donors (Lipinski definition) is 3. The van der Waals surface area contributed by atoms with E-state index < -0.39 is 0 Å². The minimum Gasteiger partial charge on any atom is -0.382 e. The van der Waals surface area contributed by atoms with E-state index in [9.17, 15) is 4.79 Å². The van der Waals surface area contributed by atoms with Gasteiger partial charge in [-0.3, -0.25) is 4.79 Å². The molecule has 0 spiro atoms. The lowest BCUT2D eigenvalue weighted by molar-refractivity contribution is -0.120. The quantitative estimate of drug-likeness (QED) is 0.754. The molecule has 1 rings (SSSR count). The van der Waals surface area contributed by atoms with Gasteiger partial charge in [-0.25, -0.2) is 4.98 Å². The standard InChI is InChI=1S/C12H18Cl2N4O/c1-7(2)6-17-10(19)3-4-16-12-9(14)5-8(13)11(15)18-12/h5,7H,3-4,6H2,1-2H3,(H,17,19)(H3,15,16,18). The highest BCUT2D eigenvalue weighted by atomic mass is 35.5. The fourth-order valence-corrected chi connectivity index (χ4v) is 1.73. The largest absolute Gasteiger partial charge is 0.382 e. The first kappa shape index (κ1) is 15.9. The van der Waals surface area contributed by atoms with E-state index in [1.54, 1.807) is 0 Å². The first-order chi connectivity index (χ1) is 8.90. The van der Waals surface area contributed by atoms with Gasteiger partial charge in [0.05, 0.1) is 10.0 Å². The molecule has 106 valence electrons. The number of nitrogens with zero attached hydrogens (tertiary/aromatic N) is 1. The van der Waals surface area contributed by atoms with E-state index in [0.717, 1.165) is 0 Å². The molecule has 5 nitrogen and oxygen atoms in total. The van der Waals surface area contributed by atoms with Gasteiger partial charge in [0.1, 0.15) is 11.6 Å². The molecule has 0 aliphatic heterocycles. The summed E-state index contributed by atoms with van der Waals surface area (Å²) in [5.41, 5.74) is 5.58. The number of pyridine rings is 1. The molecule has 0 saturated carbocycles. The highest BCUT2D eigenvalue weighted by Crippen LogP contribution is 2.27. The zero-order chi connectivity index (χ0) is 14.4. The van der Waals surface area contributed by atoms with Gasteiger partial charge >= 0.3 is 0 Å². The highest BCUT2D eigenvalue weighted by Gasteiger charge is 2.07. The van der Waals surface area contributed by atoms with E-state index in [0.29, 0.717) is 41.3 Å². The van der Waals surface area contributed by atoms with Gasteiger partial charge in [-0.2, -0.15) is 0 Å². The van der Waals surface area contributed by atoms with Crippen molar-refractivity contribution >= 4 is 40.7 Å². The third kappa shape index (κ3) is 5.53. The summed E-state index contributed by atoms with van der Waals surface area (Å²) in [6.07, 6.45) is 0.341. The molecule has 0 atom stereocenters. The third-order valence-corrected chi connectivity index (χ3v) is 2.90. The van der Waals surface area contributed by atoms with Crippen LogP contribution < -0.4 is 16.4 Å². The Morgan fingerprint density at radius 1 is 1.42 bits per heavy atom. The first-order valence-electron chi connectivity index (χ1n) is 6.02. The summed E-state index contributed by atoms with van der Waals surface area (Å²) in [5, 5.41) is 6.47. The lowest BCUT2D eigenvalue weighted by Crippen LogP contribution is -2.28. The fraction of sp³-hybridized carbons (Fsp3) is 0.500. The molecule has 1 heterocycles. The van der Waals surface area contributed by atoms with Crippen molar-refractivity contribution in [2.24, 2.45) is 5.92 Å². The van der Waals surface area contributed by atoms with E-state index in [1.165, 1.54) is 6.07 Å². The SMILES string of the molecule is CC(C)CNC(=O)CCNc1nc(N)c(Cl)cc1Cl. The number of hydrogen-bond acceptors (Lipinski definition) is 4. The Bertz CT molecular complexity index is 452. The molecule has 0 radical (unpaired) electrons. The van der Waals surface area contributed by atoms with E-state index in [2.05, 4.69) is 15.6 Å². The third-order valence-electron chi connectivity index (χ3n) is 2.31. The van der Waals surface area contributed by atoms with Crippen LogP contribution >= 0.6 is 23.2 Å². The van der Waals surface area contributed by atoms with Gasteiger partial charge in [-0.05, 0) is 12.0 Å². The summed E-state index contributed by atoms with van der Waals surface area (Å²) in [6, 6.07) is 1.52. The monoisotopic (exact) mass is 304 g/mol. The minimum atomic E-state index is -0.0146. The van der Waals surface area contributed by atoms with Crippen molar-refractivity contribution in [3.05, 3.63) is 16.1 Å². The number of nitrogens with one attached hydrogen (secondary N) is 2. The van der Waals surface area contributed by atoms with Crippen LogP contribution in [-0.4, -0.2) is 24.0 Å². The predicted molar refractivity (Wildman–Crippen MR) is 79.6 cm³/mol. The summed E-state index contributed by atoms with van der Waals surface area (Å²) in [7, 11) is 0. The molecule has 1 aromatic heterocycles. The highest BCUT2D eigenvalue weighted by molar-refractivity contribution is 6.37. The van der Waals surface area contributed by atoms with Gasteiger partial charge in [0.15, 0.2) is 0 Å². The van der Waals surface area contributed by atoms with Gasteiger partial charge < -0.3 is 16.4 Å². The second kappa shape index (κ2) is 7.40. The Morgan fingerprint density at radius 3 is 2.74 bits per heavy atom. The van der Waals surface area contributed by atoms with E-state index in [-0.39, 0.29) is 11.7 Å². The topological polar surface area (TPSA) is 80.0 Å². The molecular formula is C12H18Cl2N4O. The molecule has 7 heteroatoms. The van der Waals surface area contributed by atoms with Crippen LogP contribution in [0.1, 0.15) is 20.3 Å². The number of nitrogens with two attached hydrogens (primary N) is 1. The number of halogens is 2. The molecular weight excluding hydrogens is 287 g/mol. The molecule has 0 bridgehead atoms. The van der Waals surface area contributed by atoms with Crippen molar-refractivity contribution in [1.29, 1.82) is 0 Å². The Kier molecular flexibility index (Phi) is 6.18. The van der Waals surface area contributed by atoms with Gasteiger partial charge in [-0.15, -0.1) is 0 Å². The van der Waals surface area contributed by atoms with Crippen LogP contribution in [0, 0.1) is 5.92 Å². The summed E-state index contributed by atoms with van der Waals surface area (Å²) in [5.74, 6) is 1.06. The number of carbonyl (C=O) groups is 1. The Labute approximate surface area is 122 Å². The second-order valence-corrected chi connectivity index (χ2v) is 5.37. The lowest BCUT2D eigenvalue weighted by Gasteiger charge is -2.10. The minimum absolute atomic E-state index is 0.0146. The number of amides is 1. The Morgan fingerprint density at radius 2 is 2.11 bits per heavy atom. The molecule has 0 aromatic carbocycles. The number of rotatable bonds is 6. The van der Waals surface area contributed by atoms with Crippen LogP contribution in [-0.2, 0) is 4.79 Å². The van der Waals surface area contributed by atoms with Crippen molar-refractivity contribution in [2.75, 3.05) is 24.1 Å². The van der Waals surface area contributed by atoms with Crippen molar-refractivity contribution in [1.82, 2.24) is 10.3 Å². The van der Waals surface area contributed by atoms with Gasteiger partial charge in [0.25, 0.3) is 0 Å². The van der Waals surface area contributed by atoms with E-state index in [1.807, 2.05) is 13.8 Å². The predicted octanol–water partition coefficient (Wildman–Crippen LogP) is 2.54. The molecule has 1 aromatic rings. The Hall–Kier alpha value is -1.20. The van der Waals surface area contributed by atoms with Crippen molar-refractivity contribution in [3.8, 4) is 0 Å². The van der Waals surface area contributed by atoms with E-state index >= 15 is 0 Å². The zero-order valence-corrected chi connectivity index (χ0v) is 12.5. The number of aromatic nitrogens is 1. The van der Waals surface area contributed by atoms with Crippen LogP contribution in [0.15, 0.2) is 6.07 Å². The van der Waals surface area contributed by atoms with Crippen LogP contribution in [0.5, 0.6) is 0 Å². The van der Waals surface area contributed by atoms with Crippen LogP contribution in [0.3, 0.4) is 0 Å². The van der Waals surface area contributed by atoms with Gasteiger partial charge in [0, 0.05) is 19.5 Å². The number of nitrogen functional groups attached to an aromatic ring is 1. The van der Waals surface area contributed by atoms with Crippen molar-refractivity contribution < 1.29 is 4.79 Å². The first-order valence-corrected chi connectivity index (χ1v) is 6.77. The number of carbonyl (C=O) groups excluding carboxylic acids is 1. The summed E-state index contributed by atoms with van der Waals surface area (Å²) in [6.45, 7) is 5.18. The number of anilines is 2. The van der Waals surface area contributed by atoms with E-state index in [4.69, 9.17) is 28.9 Å². The Balaban J connectivity index is 2.41. The lowest BCUT2D eigenvalue weighted by atomic mass is 10.2. The molecule has 0 saturated heterocycles. The maximum absolute atomic E-state index is 11.5. The van der Waals surface area contributed by atoms with Crippen LogP contribution in [0.2, 0.25) is 10.0 Å². The van der Waals surface area contributed by atoms with Crippen LogP contribution in [0.4, 0.5) is 11.6 Å². The van der Waals surface area contributed by atoms with Crippen LogP contribution in [0.25, 0.3) is 0 Å². The fourth-order valence-electron chi connectivity index (χ4n) is 1.31. The van der Waals surface area contributed by atoms with Gasteiger partial charge in [0.2, 0.25) is 5.91 Å². The molecule has 0 aliphatic carbocycles.